The fourth-order valence-electron chi connectivity index (χ4n) is 1.69. The zero-order valence-corrected chi connectivity index (χ0v) is 10.7. The van der Waals surface area contributed by atoms with Gasteiger partial charge in [-0.2, -0.15) is 13.2 Å². The number of benzene rings is 1. The molecule has 1 aromatic heterocycles. The Morgan fingerprint density at radius 1 is 1.15 bits per heavy atom. The highest BCUT2D eigenvalue weighted by molar-refractivity contribution is 5.68. The molecular formula is C13H11F3N2O2. The van der Waals surface area contributed by atoms with Gasteiger partial charge in [-0.3, -0.25) is 0 Å². The van der Waals surface area contributed by atoms with Crippen LogP contribution in [0, 0.1) is 6.92 Å². The molecule has 0 fully saturated rings. The minimum Gasteiger partial charge on any atom is -0.496 e. The molecule has 1 N–H and O–H groups in total. The number of ether oxygens (including phenoxy) is 1. The predicted molar refractivity (Wildman–Crippen MR) is 65.4 cm³/mol. The second-order valence-electron chi connectivity index (χ2n) is 4.15. The fraction of sp³-hybridized carbons (Fsp3) is 0.231. The molecule has 0 unspecified atom stereocenters. The summed E-state index contributed by atoms with van der Waals surface area (Å²) in [4.78, 5) is 0. The zero-order chi connectivity index (χ0) is 14.9. The van der Waals surface area contributed by atoms with Crippen molar-refractivity contribution in [3.05, 3.63) is 35.4 Å². The third-order valence-corrected chi connectivity index (χ3v) is 2.76. The van der Waals surface area contributed by atoms with Crippen LogP contribution in [0.5, 0.6) is 11.6 Å². The minimum absolute atomic E-state index is 0.0409. The molecule has 4 nitrogen and oxygen atoms in total. The number of alkyl halides is 3. The number of hydrogen-bond donors (Lipinski definition) is 1. The number of aryl methyl sites for hydroxylation is 1. The van der Waals surface area contributed by atoms with Gasteiger partial charge in [-0.25, -0.2) is 0 Å². The first kappa shape index (κ1) is 14.1. The van der Waals surface area contributed by atoms with Gasteiger partial charge in [-0.15, -0.1) is 10.2 Å². The summed E-state index contributed by atoms with van der Waals surface area (Å²) in [5.74, 6) is -0.182. The normalized spacial score (nSPS) is 11.4. The Morgan fingerprint density at radius 3 is 2.40 bits per heavy atom. The van der Waals surface area contributed by atoms with Crippen LogP contribution in [0.2, 0.25) is 0 Å². The molecule has 0 aliphatic rings. The number of rotatable bonds is 2. The Balaban J connectivity index is 2.54. The van der Waals surface area contributed by atoms with Crippen LogP contribution in [-0.4, -0.2) is 22.4 Å². The highest BCUT2D eigenvalue weighted by Crippen LogP contribution is 2.36. The minimum atomic E-state index is -4.44. The average molecular weight is 284 g/mol. The van der Waals surface area contributed by atoms with Crippen molar-refractivity contribution in [2.45, 2.75) is 13.1 Å². The van der Waals surface area contributed by atoms with Gasteiger partial charge in [-0.05, 0) is 31.2 Å². The van der Waals surface area contributed by atoms with E-state index in [0.29, 0.717) is 16.8 Å². The van der Waals surface area contributed by atoms with Crippen molar-refractivity contribution in [3.8, 4) is 22.9 Å². The highest BCUT2D eigenvalue weighted by atomic mass is 19.4. The fourth-order valence-corrected chi connectivity index (χ4v) is 1.69. The first-order valence-electron chi connectivity index (χ1n) is 5.62. The molecule has 0 spiro atoms. The smallest absolute Gasteiger partial charge is 0.416 e. The Bertz CT molecular complexity index is 642. The summed E-state index contributed by atoms with van der Waals surface area (Å²) in [6, 6.07) is 4.64. The average Bonchev–Trinajstić information content (AvgIpc) is 2.40. The molecule has 1 heterocycles. The summed E-state index contributed by atoms with van der Waals surface area (Å²) in [5.41, 5.74) is 0.362. The largest absolute Gasteiger partial charge is 0.496 e. The van der Waals surface area contributed by atoms with Gasteiger partial charge in [0.25, 0.3) is 0 Å². The third kappa shape index (κ3) is 2.66. The van der Waals surface area contributed by atoms with E-state index >= 15 is 0 Å². The van der Waals surface area contributed by atoms with Crippen molar-refractivity contribution in [2.24, 2.45) is 0 Å². The van der Waals surface area contributed by atoms with Crippen molar-refractivity contribution in [2.75, 3.05) is 7.11 Å². The SMILES string of the molecule is COc1cc(C(F)(F)F)ccc1-c1cc(C)c(O)nn1. The van der Waals surface area contributed by atoms with E-state index in [9.17, 15) is 18.3 Å². The Labute approximate surface area is 112 Å². The van der Waals surface area contributed by atoms with E-state index < -0.39 is 11.7 Å². The molecule has 106 valence electrons. The highest BCUT2D eigenvalue weighted by Gasteiger charge is 2.31. The van der Waals surface area contributed by atoms with Gasteiger partial charge < -0.3 is 9.84 Å². The second-order valence-corrected chi connectivity index (χ2v) is 4.15. The summed E-state index contributed by atoms with van der Waals surface area (Å²) >= 11 is 0. The molecule has 0 amide bonds. The van der Waals surface area contributed by atoms with E-state index in [4.69, 9.17) is 4.74 Å². The standard InChI is InChI=1S/C13H11F3N2O2/c1-7-5-10(17-18-12(7)19)9-4-3-8(13(14,15)16)6-11(9)20-2/h3-6H,1-2H3,(H,18,19). The maximum absolute atomic E-state index is 12.6. The summed E-state index contributed by atoms with van der Waals surface area (Å²) in [6.45, 7) is 1.62. The van der Waals surface area contributed by atoms with Crippen molar-refractivity contribution >= 4 is 0 Å². The van der Waals surface area contributed by atoms with Crippen LogP contribution in [0.25, 0.3) is 11.3 Å². The molecule has 0 saturated carbocycles. The number of hydrogen-bond acceptors (Lipinski definition) is 4. The van der Waals surface area contributed by atoms with E-state index in [-0.39, 0.29) is 11.6 Å². The van der Waals surface area contributed by atoms with Crippen LogP contribution < -0.4 is 4.74 Å². The lowest BCUT2D eigenvalue weighted by Gasteiger charge is -2.12. The Hall–Kier alpha value is -2.31. The van der Waals surface area contributed by atoms with E-state index in [1.54, 1.807) is 6.92 Å². The zero-order valence-electron chi connectivity index (χ0n) is 10.7. The third-order valence-electron chi connectivity index (χ3n) is 2.76. The predicted octanol–water partition coefficient (Wildman–Crippen LogP) is 3.19. The van der Waals surface area contributed by atoms with E-state index in [2.05, 4.69) is 10.2 Å². The molecule has 1 aromatic carbocycles. The van der Waals surface area contributed by atoms with Gasteiger partial charge in [0.05, 0.1) is 18.4 Å². The van der Waals surface area contributed by atoms with Crippen LogP contribution in [-0.2, 0) is 6.18 Å². The number of aromatic hydroxyl groups is 1. The Kier molecular flexibility index (Phi) is 3.52. The lowest BCUT2D eigenvalue weighted by molar-refractivity contribution is -0.137. The van der Waals surface area contributed by atoms with Crippen molar-refractivity contribution in [3.63, 3.8) is 0 Å². The van der Waals surface area contributed by atoms with Crippen LogP contribution in [0.3, 0.4) is 0 Å². The van der Waals surface area contributed by atoms with Crippen LogP contribution in [0.4, 0.5) is 13.2 Å². The maximum atomic E-state index is 12.6. The number of halogens is 3. The first-order valence-corrected chi connectivity index (χ1v) is 5.62. The lowest BCUT2D eigenvalue weighted by atomic mass is 10.1. The van der Waals surface area contributed by atoms with Crippen molar-refractivity contribution in [1.82, 2.24) is 10.2 Å². The molecule has 0 saturated heterocycles. The number of methoxy groups -OCH3 is 1. The van der Waals surface area contributed by atoms with Crippen LogP contribution in [0.1, 0.15) is 11.1 Å². The lowest BCUT2D eigenvalue weighted by Crippen LogP contribution is -2.05. The molecule has 0 aliphatic heterocycles. The van der Waals surface area contributed by atoms with Crippen molar-refractivity contribution in [1.29, 1.82) is 0 Å². The summed E-state index contributed by atoms with van der Waals surface area (Å²) in [5, 5.41) is 16.6. The van der Waals surface area contributed by atoms with Gasteiger partial charge in [-0.1, -0.05) is 0 Å². The van der Waals surface area contributed by atoms with Gasteiger partial charge >= 0.3 is 6.18 Å². The number of aromatic nitrogens is 2. The summed E-state index contributed by atoms with van der Waals surface area (Å²) in [6.07, 6.45) is -4.44. The van der Waals surface area contributed by atoms with Gasteiger partial charge in [0.15, 0.2) is 0 Å². The van der Waals surface area contributed by atoms with Crippen molar-refractivity contribution < 1.29 is 23.0 Å². The molecule has 7 heteroatoms. The quantitative estimate of drug-likeness (QED) is 0.920. The summed E-state index contributed by atoms with van der Waals surface area (Å²) < 4.78 is 42.9. The van der Waals surface area contributed by atoms with E-state index in [1.165, 1.54) is 19.2 Å². The monoisotopic (exact) mass is 284 g/mol. The van der Waals surface area contributed by atoms with Crippen LogP contribution in [0.15, 0.2) is 24.3 Å². The van der Waals surface area contributed by atoms with Gasteiger partial charge in [0.2, 0.25) is 5.88 Å². The molecule has 2 aromatic rings. The molecule has 0 bridgehead atoms. The van der Waals surface area contributed by atoms with E-state index in [1.807, 2.05) is 0 Å². The molecule has 20 heavy (non-hydrogen) atoms. The molecule has 0 radical (unpaired) electrons. The molecule has 0 atom stereocenters. The first-order chi connectivity index (χ1) is 9.32. The van der Waals surface area contributed by atoms with Gasteiger partial charge in [0.1, 0.15) is 5.75 Å². The van der Waals surface area contributed by atoms with Gasteiger partial charge in [0, 0.05) is 11.1 Å². The molecular weight excluding hydrogens is 273 g/mol. The maximum Gasteiger partial charge on any atom is 0.416 e. The topological polar surface area (TPSA) is 55.2 Å². The summed E-state index contributed by atoms with van der Waals surface area (Å²) in [7, 11) is 1.28. The van der Waals surface area contributed by atoms with Crippen LogP contribution >= 0.6 is 0 Å². The second kappa shape index (κ2) is 4.99. The molecule has 0 aliphatic carbocycles. The molecule has 2 rings (SSSR count). The Morgan fingerprint density at radius 2 is 1.85 bits per heavy atom. The number of nitrogens with zero attached hydrogens (tertiary/aromatic N) is 2. The van der Waals surface area contributed by atoms with E-state index in [0.717, 1.165) is 12.1 Å².